The van der Waals surface area contributed by atoms with E-state index in [4.69, 9.17) is 4.98 Å². The Morgan fingerprint density at radius 2 is 1.83 bits per heavy atom. The van der Waals surface area contributed by atoms with Gasteiger partial charge in [0, 0.05) is 44.6 Å². The lowest BCUT2D eigenvalue weighted by Crippen LogP contribution is -2.47. The van der Waals surface area contributed by atoms with Crippen molar-refractivity contribution in [2.75, 3.05) is 36.0 Å². The first-order chi connectivity index (χ1) is 14.3. The average molecular weight is 405 g/mol. The Bertz CT molecular complexity index is 1150. The van der Waals surface area contributed by atoms with Crippen LogP contribution in [0.3, 0.4) is 0 Å². The van der Waals surface area contributed by atoms with Gasteiger partial charge in [-0.05, 0) is 24.3 Å². The molecule has 0 aliphatic carbocycles. The van der Waals surface area contributed by atoms with Gasteiger partial charge in [-0.2, -0.15) is 5.10 Å². The molecule has 146 valence electrons. The summed E-state index contributed by atoms with van der Waals surface area (Å²) in [7, 11) is 0. The maximum Gasteiger partial charge on any atom is 0.267 e. The van der Waals surface area contributed by atoms with Crippen molar-refractivity contribution in [1.29, 1.82) is 0 Å². The average Bonchev–Trinajstić information content (AvgIpc) is 3.21. The van der Waals surface area contributed by atoms with Gasteiger partial charge < -0.3 is 9.80 Å². The SMILES string of the molecule is O=c1ccc(N2CCN(c3nc4cnccc4s3)CC2)nn1Cc1ccccn1. The normalized spacial score (nSPS) is 14.5. The van der Waals surface area contributed by atoms with Crippen LogP contribution >= 0.6 is 11.3 Å². The summed E-state index contributed by atoms with van der Waals surface area (Å²) >= 11 is 1.69. The van der Waals surface area contributed by atoms with Gasteiger partial charge in [-0.25, -0.2) is 9.67 Å². The van der Waals surface area contributed by atoms with E-state index in [9.17, 15) is 4.79 Å². The van der Waals surface area contributed by atoms with Gasteiger partial charge >= 0.3 is 0 Å². The second kappa shape index (κ2) is 7.59. The van der Waals surface area contributed by atoms with Crippen molar-refractivity contribution in [3.63, 3.8) is 0 Å². The zero-order chi connectivity index (χ0) is 19.6. The number of pyridine rings is 2. The second-order valence-electron chi connectivity index (χ2n) is 6.82. The molecule has 0 saturated carbocycles. The summed E-state index contributed by atoms with van der Waals surface area (Å²) in [6.45, 7) is 3.72. The van der Waals surface area contributed by atoms with Crippen LogP contribution in [-0.2, 0) is 6.54 Å². The lowest BCUT2D eigenvalue weighted by Gasteiger charge is -2.35. The van der Waals surface area contributed by atoms with Crippen molar-refractivity contribution < 1.29 is 0 Å². The fraction of sp³-hybridized carbons (Fsp3) is 0.250. The van der Waals surface area contributed by atoms with Crippen molar-refractivity contribution in [2.45, 2.75) is 6.54 Å². The molecule has 0 N–H and O–H groups in total. The summed E-state index contributed by atoms with van der Waals surface area (Å²) in [6, 6.07) is 11.1. The molecular weight excluding hydrogens is 386 g/mol. The lowest BCUT2D eigenvalue weighted by molar-refractivity contribution is 0.596. The van der Waals surface area contributed by atoms with E-state index in [0.29, 0.717) is 6.54 Å². The maximum atomic E-state index is 12.2. The number of hydrogen-bond acceptors (Lipinski definition) is 8. The molecule has 8 nitrogen and oxygen atoms in total. The predicted molar refractivity (Wildman–Crippen MR) is 114 cm³/mol. The van der Waals surface area contributed by atoms with E-state index in [2.05, 4.69) is 24.9 Å². The highest BCUT2D eigenvalue weighted by Gasteiger charge is 2.21. The smallest absolute Gasteiger partial charge is 0.267 e. The summed E-state index contributed by atoms with van der Waals surface area (Å²) in [5.74, 6) is 0.814. The molecule has 0 unspecified atom stereocenters. The Morgan fingerprint density at radius 1 is 0.966 bits per heavy atom. The number of aromatic nitrogens is 5. The van der Waals surface area contributed by atoms with Crippen LogP contribution in [0.2, 0.25) is 0 Å². The predicted octanol–water partition coefficient (Wildman–Crippen LogP) is 2.02. The van der Waals surface area contributed by atoms with Crippen LogP contribution < -0.4 is 15.4 Å². The molecule has 0 aromatic carbocycles. The molecule has 0 amide bonds. The second-order valence-corrected chi connectivity index (χ2v) is 7.83. The first-order valence-electron chi connectivity index (χ1n) is 9.45. The lowest BCUT2D eigenvalue weighted by atomic mass is 10.3. The molecule has 9 heteroatoms. The van der Waals surface area contributed by atoms with Gasteiger partial charge in [-0.15, -0.1) is 0 Å². The number of anilines is 2. The van der Waals surface area contributed by atoms with Gasteiger partial charge in [0.25, 0.3) is 5.56 Å². The van der Waals surface area contributed by atoms with E-state index in [-0.39, 0.29) is 5.56 Å². The molecule has 0 radical (unpaired) electrons. The third kappa shape index (κ3) is 3.68. The van der Waals surface area contributed by atoms with E-state index < -0.39 is 0 Å². The Labute approximate surface area is 171 Å². The molecule has 1 fully saturated rings. The van der Waals surface area contributed by atoms with Gasteiger partial charge in [-0.3, -0.25) is 14.8 Å². The van der Waals surface area contributed by atoms with Crippen molar-refractivity contribution in [2.24, 2.45) is 0 Å². The van der Waals surface area contributed by atoms with Crippen molar-refractivity contribution >= 4 is 32.5 Å². The van der Waals surface area contributed by atoms with Gasteiger partial charge in [0.2, 0.25) is 0 Å². The number of piperazine rings is 1. The number of thiazole rings is 1. The van der Waals surface area contributed by atoms with E-state index in [1.807, 2.05) is 24.3 Å². The largest absolute Gasteiger partial charge is 0.352 e. The molecule has 4 aromatic heterocycles. The van der Waals surface area contributed by atoms with Crippen LogP contribution in [0.25, 0.3) is 10.2 Å². The highest BCUT2D eigenvalue weighted by molar-refractivity contribution is 7.22. The van der Waals surface area contributed by atoms with E-state index >= 15 is 0 Å². The number of nitrogens with zero attached hydrogens (tertiary/aromatic N) is 7. The minimum Gasteiger partial charge on any atom is -0.352 e. The number of rotatable bonds is 4. The highest BCUT2D eigenvalue weighted by atomic mass is 32.1. The van der Waals surface area contributed by atoms with Crippen LogP contribution in [0.4, 0.5) is 10.9 Å². The molecule has 4 aromatic rings. The fourth-order valence-electron chi connectivity index (χ4n) is 3.40. The minimum atomic E-state index is -0.124. The fourth-order valence-corrected chi connectivity index (χ4v) is 4.38. The molecule has 0 bridgehead atoms. The van der Waals surface area contributed by atoms with Crippen LogP contribution in [0.5, 0.6) is 0 Å². The van der Waals surface area contributed by atoms with Crippen molar-refractivity contribution in [1.82, 2.24) is 24.7 Å². The monoisotopic (exact) mass is 405 g/mol. The first kappa shape index (κ1) is 17.7. The highest BCUT2D eigenvalue weighted by Crippen LogP contribution is 2.29. The Balaban J connectivity index is 1.30. The molecule has 1 aliphatic rings. The van der Waals surface area contributed by atoms with Crippen molar-refractivity contribution in [3.05, 3.63) is 71.0 Å². The molecule has 29 heavy (non-hydrogen) atoms. The summed E-state index contributed by atoms with van der Waals surface area (Å²) < 4.78 is 2.63. The van der Waals surface area contributed by atoms with E-state index in [1.165, 1.54) is 4.68 Å². The van der Waals surface area contributed by atoms with Gasteiger partial charge in [0.1, 0.15) is 11.3 Å². The summed E-state index contributed by atoms with van der Waals surface area (Å²) in [5, 5.41) is 5.60. The molecule has 5 heterocycles. The Kier molecular flexibility index (Phi) is 4.65. The van der Waals surface area contributed by atoms with Gasteiger partial charge in [-0.1, -0.05) is 17.4 Å². The third-order valence-corrected chi connectivity index (χ3v) is 6.04. The van der Waals surface area contributed by atoms with E-state index in [1.54, 1.807) is 42.1 Å². The van der Waals surface area contributed by atoms with Crippen LogP contribution in [0.15, 0.2) is 59.8 Å². The molecular formula is C20H19N7OS. The first-order valence-corrected chi connectivity index (χ1v) is 10.3. The van der Waals surface area contributed by atoms with Crippen LogP contribution in [-0.4, -0.2) is 50.9 Å². The summed E-state index contributed by atoms with van der Waals surface area (Å²) in [6.07, 6.45) is 5.33. The molecule has 1 saturated heterocycles. The van der Waals surface area contributed by atoms with Gasteiger partial charge in [0.05, 0.1) is 23.1 Å². The zero-order valence-corrected chi connectivity index (χ0v) is 16.5. The minimum absolute atomic E-state index is 0.124. The van der Waals surface area contributed by atoms with Crippen LogP contribution in [0.1, 0.15) is 5.69 Å². The van der Waals surface area contributed by atoms with Gasteiger partial charge in [0.15, 0.2) is 5.13 Å². The van der Waals surface area contributed by atoms with Crippen molar-refractivity contribution in [3.8, 4) is 0 Å². The maximum absolute atomic E-state index is 12.2. The summed E-state index contributed by atoms with van der Waals surface area (Å²) in [4.78, 5) is 29.9. The van der Waals surface area contributed by atoms with Crippen LogP contribution in [0, 0.1) is 0 Å². The summed E-state index contributed by atoms with van der Waals surface area (Å²) in [5.41, 5.74) is 1.63. The third-order valence-electron chi connectivity index (χ3n) is 4.94. The standard InChI is InChI=1S/C20H19N7OS/c28-19-5-4-18(24-27(19)14-15-3-1-2-7-22-15)25-9-11-26(12-10-25)20-23-16-13-21-8-6-17(16)29-20/h1-8,13H,9-12,14H2. The topological polar surface area (TPSA) is 80.0 Å². The Morgan fingerprint density at radius 3 is 2.62 bits per heavy atom. The zero-order valence-electron chi connectivity index (χ0n) is 15.7. The molecule has 0 spiro atoms. The molecule has 5 rings (SSSR count). The Hall–Kier alpha value is -3.33. The quantitative estimate of drug-likeness (QED) is 0.514. The number of hydrogen-bond donors (Lipinski definition) is 0. The molecule has 1 aliphatic heterocycles. The molecule has 0 atom stereocenters. The number of fused-ring (bicyclic) bond motifs is 1. The van der Waals surface area contributed by atoms with E-state index in [0.717, 1.165) is 53.0 Å².